The Labute approximate surface area is 177 Å². The number of methoxy groups -OCH3 is 1. The molecule has 1 aliphatic carbocycles. The fraction of sp³-hybridized carbons (Fsp3) is 0.458. The molecule has 2 aromatic carbocycles. The Morgan fingerprint density at radius 1 is 1.23 bits per heavy atom. The van der Waals surface area contributed by atoms with Crippen molar-refractivity contribution in [2.24, 2.45) is 11.8 Å². The van der Waals surface area contributed by atoms with Crippen LogP contribution in [0.1, 0.15) is 47.1 Å². The molecule has 1 heterocycles. The van der Waals surface area contributed by atoms with Crippen LogP contribution >= 0.6 is 0 Å². The number of benzene rings is 2. The topological polar surface area (TPSA) is 69.1 Å². The zero-order valence-electron chi connectivity index (χ0n) is 17.7. The van der Waals surface area contributed by atoms with Gasteiger partial charge in [0, 0.05) is 18.5 Å². The number of hydrogen-bond donors (Lipinski definition) is 3. The monoisotopic (exact) mass is 408 g/mol. The lowest BCUT2D eigenvalue weighted by Crippen LogP contribution is -2.39. The number of fused-ring (bicyclic) bond motifs is 1. The van der Waals surface area contributed by atoms with Crippen LogP contribution in [0.15, 0.2) is 36.4 Å². The number of nitrogens with zero attached hydrogens (tertiary/aromatic N) is 1. The number of halogens is 1. The average molecular weight is 409 g/mol. The SMILES string of the molecule is CNCc1cc(C)c(C2CC3C(CC2C#N)NNC3c2cccc(OC)c2)c(F)c1. The number of hydrazine groups is 1. The van der Waals surface area contributed by atoms with Gasteiger partial charge in [-0.15, -0.1) is 0 Å². The van der Waals surface area contributed by atoms with Crippen LogP contribution in [0.4, 0.5) is 4.39 Å². The molecular formula is C24H29FN4O. The minimum Gasteiger partial charge on any atom is -0.497 e. The van der Waals surface area contributed by atoms with Crippen molar-refractivity contribution in [1.29, 1.82) is 5.26 Å². The molecule has 30 heavy (non-hydrogen) atoms. The number of hydrogen-bond acceptors (Lipinski definition) is 5. The molecule has 158 valence electrons. The van der Waals surface area contributed by atoms with Gasteiger partial charge in [0.1, 0.15) is 11.6 Å². The molecule has 4 rings (SSSR count). The van der Waals surface area contributed by atoms with Crippen molar-refractivity contribution in [2.45, 2.75) is 44.3 Å². The number of ether oxygens (including phenoxy) is 1. The van der Waals surface area contributed by atoms with Crippen molar-refractivity contribution in [1.82, 2.24) is 16.2 Å². The van der Waals surface area contributed by atoms with Gasteiger partial charge >= 0.3 is 0 Å². The predicted molar refractivity (Wildman–Crippen MR) is 114 cm³/mol. The number of nitrogens with one attached hydrogen (secondary N) is 3. The second-order valence-corrected chi connectivity index (χ2v) is 8.47. The Bertz CT molecular complexity index is 933. The van der Waals surface area contributed by atoms with Crippen molar-refractivity contribution in [3.8, 4) is 11.8 Å². The lowest BCUT2D eigenvalue weighted by Gasteiger charge is -2.37. The standard InChI is InChI=1S/C24H29FN4O/c1-14-7-15(13-27-2)8-21(25)23(14)19-11-20-22(10-17(19)12-26)28-29-24(20)16-5-4-6-18(9-16)30-3/h4-9,17,19-20,22,24,27-29H,10-11,13H2,1-3H3. The van der Waals surface area contributed by atoms with E-state index in [1.807, 2.05) is 38.2 Å². The van der Waals surface area contributed by atoms with E-state index >= 15 is 4.39 Å². The van der Waals surface area contributed by atoms with E-state index in [4.69, 9.17) is 4.74 Å². The van der Waals surface area contributed by atoms with Gasteiger partial charge in [-0.25, -0.2) is 9.82 Å². The smallest absolute Gasteiger partial charge is 0.127 e. The first-order chi connectivity index (χ1) is 14.5. The van der Waals surface area contributed by atoms with Gasteiger partial charge < -0.3 is 10.1 Å². The molecule has 5 nitrogen and oxygen atoms in total. The molecule has 0 spiro atoms. The number of rotatable bonds is 5. The Morgan fingerprint density at radius 3 is 2.77 bits per heavy atom. The number of nitriles is 1. The molecule has 2 fully saturated rings. The fourth-order valence-corrected chi connectivity index (χ4v) is 5.30. The first-order valence-corrected chi connectivity index (χ1v) is 10.5. The molecule has 1 aliphatic heterocycles. The normalized spacial score (nSPS) is 28.0. The lowest BCUT2D eigenvalue weighted by molar-refractivity contribution is 0.234. The van der Waals surface area contributed by atoms with E-state index in [0.717, 1.165) is 28.9 Å². The first kappa shape index (κ1) is 20.8. The lowest BCUT2D eigenvalue weighted by atomic mass is 9.66. The van der Waals surface area contributed by atoms with Crippen LogP contribution in [0.3, 0.4) is 0 Å². The van der Waals surface area contributed by atoms with Crippen LogP contribution in [0.2, 0.25) is 0 Å². The van der Waals surface area contributed by atoms with Crippen LogP contribution in [0, 0.1) is 35.9 Å². The van der Waals surface area contributed by atoms with E-state index < -0.39 is 0 Å². The molecule has 2 aliphatic rings. The van der Waals surface area contributed by atoms with E-state index in [2.05, 4.69) is 28.3 Å². The van der Waals surface area contributed by atoms with Gasteiger partial charge in [0.15, 0.2) is 0 Å². The molecule has 0 radical (unpaired) electrons. The molecule has 3 N–H and O–H groups in total. The third kappa shape index (κ3) is 3.81. The minimum atomic E-state index is -0.215. The summed E-state index contributed by atoms with van der Waals surface area (Å²) in [6, 6.07) is 14.5. The molecule has 0 amide bonds. The highest BCUT2D eigenvalue weighted by molar-refractivity contribution is 5.38. The van der Waals surface area contributed by atoms with Crippen LogP contribution < -0.4 is 20.9 Å². The molecule has 6 heteroatoms. The van der Waals surface area contributed by atoms with E-state index in [9.17, 15) is 5.26 Å². The molecule has 1 saturated carbocycles. The van der Waals surface area contributed by atoms with Crippen molar-refractivity contribution in [3.63, 3.8) is 0 Å². The van der Waals surface area contributed by atoms with Gasteiger partial charge in [-0.1, -0.05) is 18.2 Å². The highest BCUT2D eigenvalue weighted by Crippen LogP contribution is 2.48. The highest BCUT2D eigenvalue weighted by atomic mass is 19.1. The summed E-state index contributed by atoms with van der Waals surface area (Å²) >= 11 is 0. The van der Waals surface area contributed by atoms with Gasteiger partial charge in [0.2, 0.25) is 0 Å². The van der Waals surface area contributed by atoms with Crippen molar-refractivity contribution < 1.29 is 9.13 Å². The zero-order chi connectivity index (χ0) is 21.3. The summed E-state index contributed by atoms with van der Waals surface area (Å²) in [4.78, 5) is 0. The highest BCUT2D eigenvalue weighted by Gasteiger charge is 2.46. The van der Waals surface area contributed by atoms with Gasteiger partial charge in [-0.05, 0) is 73.2 Å². The summed E-state index contributed by atoms with van der Waals surface area (Å²) in [6.07, 6.45) is 1.46. The van der Waals surface area contributed by atoms with Crippen LogP contribution in [-0.2, 0) is 6.54 Å². The predicted octanol–water partition coefficient (Wildman–Crippen LogP) is 3.71. The summed E-state index contributed by atoms with van der Waals surface area (Å²) < 4.78 is 20.6. The quantitative estimate of drug-likeness (QED) is 0.704. The van der Waals surface area contributed by atoms with Crippen LogP contribution in [-0.4, -0.2) is 20.2 Å². The van der Waals surface area contributed by atoms with Gasteiger partial charge in [-0.3, -0.25) is 5.43 Å². The number of aryl methyl sites for hydroxylation is 1. The molecule has 0 bridgehead atoms. The van der Waals surface area contributed by atoms with Gasteiger partial charge in [0.05, 0.1) is 25.1 Å². The molecule has 0 aromatic heterocycles. The first-order valence-electron chi connectivity index (χ1n) is 10.5. The Kier molecular flexibility index (Phi) is 6.05. The second-order valence-electron chi connectivity index (χ2n) is 8.47. The van der Waals surface area contributed by atoms with Crippen molar-refractivity contribution >= 4 is 0 Å². The van der Waals surface area contributed by atoms with Crippen LogP contribution in [0.25, 0.3) is 0 Å². The average Bonchev–Trinajstić information content (AvgIpc) is 3.16. The summed E-state index contributed by atoms with van der Waals surface area (Å²) in [6.45, 7) is 2.59. The maximum absolute atomic E-state index is 15.2. The van der Waals surface area contributed by atoms with Gasteiger partial charge in [0.25, 0.3) is 0 Å². The fourth-order valence-electron chi connectivity index (χ4n) is 5.30. The summed E-state index contributed by atoms with van der Waals surface area (Å²) in [7, 11) is 3.52. The summed E-state index contributed by atoms with van der Waals surface area (Å²) in [5.74, 6) is 0.563. The zero-order valence-corrected chi connectivity index (χ0v) is 17.7. The van der Waals surface area contributed by atoms with E-state index in [-0.39, 0.29) is 35.7 Å². The molecule has 5 atom stereocenters. The maximum atomic E-state index is 15.2. The summed E-state index contributed by atoms with van der Waals surface area (Å²) in [5.41, 5.74) is 10.5. The third-order valence-corrected chi connectivity index (χ3v) is 6.66. The van der Waals surface area contributed by atoms with E-state index in [0.29, 0.717) is 18.5 Å². The van der Waals surface area contributed by atoms with Crippen LogP contribution in [0.5, 0.6) is 5.75 Å². The molecular weight excluding hydrogens is 379 g/mol. The van der Waals surface area contributed by atoms with Crippen molar-refractivity contribution in [3.05, 3.63) is 64.5 Å². The molecule has 5 unspecified atom stereocenters. The van der Waals surface area contributed by atoms with Crippen molar-refractivity contribution in [2.75, 3.05) is 14.2 Å². The largest absolute Gasteiger partial charge is 0.497 e. The Hall–Kier alpha value is -2.46. The molecule has 2 aromatic rings. The van der Waals surface area contributed by atoms with E-state index in [1.54, 1.807) is 13.2 Å². The maximum Gasteiger partial charge on any atom is 0.127 e. The van der Waals surface area contributed by atoms with E-state index in [1.165, 1.54) is 0 Å². The molecule has 1 saturated heterocycles. The third-order valence-electron chi connectivity index (χ3n) is 6.66. The summed E-state index contributed by atoms with van der Waals surface area (Å²) in [5, 5.41) is 12.9. The Balaban J connectivity index is 1.66. The second kappa shape index (κ2) is 8.73. The van der Waals surface area contributed by atoms with Gasteiger partial charge in [-0.2, -0.15) is 5.26 Å². The minimum absolute atomic E-state index is 0.0965. The Morgan fingerprint density at radius 2 is 2.07 bits per heavy atom.